The first-order chi connectivity index (χ1) is 19.2. The van der Waals surface area contributed by atoms with Crippen LogP contribution in [-0.2, 0) is 29.4 Å². The van der Waals surface area contributed by atoms with Gasteiger partial charge in [-0.3, -0.25) is 9.35 Å². The molecule has 3 N–H and O–H groups in total. The van der Waals surface area contributed by atoms with E-state index in [0.717, 1.165) is 24.1 Å². The quantitative estimate of drug-likeness (QED) is 0.205. The van der Waals surface area contributed by atoms with Crippen molar-refractivity contribution in [1.82, 2.24) is 14.8 Å². The summed E-state index contributed by atoms with van der Waals surface area (Å²) in [5.41, 5.74) is 4.00. The van der Waals surface area contributed by atoms with Gasteiger partial charge in [-0.25, -0.2) is 23.2 Å². The number of aromatic nitrogens is 3. The van der Waals surface area contributed by atoms with E-state index in [4.69, 9.17) is 10.2 Å². The number of hydrogen-bond acceptors (Lipinski definition) is 5. The number of hydrogen-bond donors (Lipinski definition) is 3. The smallest absolute Gasteiger partial charge is 0.355 e. The van der Waals surface area contributed by atoms with Crippen molar-refractivity contribution in [2.75, 3.05) is 6.26 Å². The summed E-state index contributed by atoms with van der Waals surface area (Å²) in [5, 5.41) is 22.0. The van der Waals surface area contributed by atoms with Gasteiger partial charge in [-0.15, -0.1) is 11.3 Å². The SMILES string of the molecule is CC(C)(C)Cc1cc(-c2nn(-c3nc(C(=O)O)cs3)c(CC3CC3)c2Cc2ccc([SH](C)(N)=O)c(F)c2)ccc1F. The number of nitrogens with two attached hydrogens (primary N) is 1. The molecule has 0 spiro atoms. The molecule has 0 amide bonds. The van der Waals surface area contributed by atoms with Gasteiger partial charge in [0.25, 0.3) is 0 Å². The number of rotatable bonds is 9. The van der Waals surface area contributed by atoms with Gasteiger partial charge in [-0.05, 0) is 88.6 Å². The molecule has 2 aromatic carbocycles. The summed E-state index contributed by atoms with van der Waals surface area (Å²) in [4.78, 5) is 15.9. The van der Waals surface area contributed by atoms with Crippen LogP contribution >= 0.6 is 11.3 Å². The van der Waals surface area contributed by atoms with Crippen LogP contribution < -0.4 is 5.14 Å². The average Bonchev–Trinajstić information content (AvgIpc) is 3.42. The van der Waals surface area contributed by atoms with Crippen molar-refractivity contribution in [3.8, 4) is 16.4 Å². The van der Waals surface area contributed by atoms with E-state index in [2.05, 4.69) is 4.98 Å². The molecule has 1 fully saturated rings. The highest BCUT2D eigenvalue weighted by atomic mass is 32.3. The molecule has 2 aromatic heterocycles. The minimum atomic E-state index is -3.29. The van der Waals surface area contributed by atoms with Crippen molar-refractivity contribution >= 4 is 27.4 Å². The Labute approximate surface area is 243 Å². The number of thiazole rings is 1. The number of carboxylic acid groups (broad SMARTS) is 1. The van der Waals surface area contributed by atoms with E-state index in [0.29, 0.717) is 52.7 Å². The van der Waals surface area contributed by atoms with Gasteiger partial charge < -0.3 is 5.11 Å². The average molecular weight is 601 g/mol. The number of halogens is 2. The fourth-order valence-electron chi connectivity index (χ4n) is 4.98. The number of carbonyl (C=O) groups is 1. The van der Waals surface area contributed by atoms with Gasteiger partial charge in [-0.1, -0.05) is 26.8 Å². The third kappa shape index (κ3) is 6.63. The van der Waals surface area contributed by atoms with Gasteiger partial charge in [-0.2, -0.15) is 5.10 Å². The number of benzene rings is 2. The third-order valence-electron chi connectivity index (χ3n) is 7.07. The van der Waals surface area contributed by atoms with Crippen molar-refractivity contribution in [1.29, 1.82) is 0 Å². The minimum absolute atomic E-state index is 0.00952. The lowest BCUT2D eigenvalue weighted by atomic mass is 9.87. The van der Waals surface area contributed by atoms with Crippen LogP contribution in [0.25, 0.3) is 16.4 Å². The molecule has 7 nitrogen and oxygen atoms in total. The van der Waals surface area contributed by atoms with Gasteiger partial charge >= 0.3 is 5.97 Å². The van der Waals surface area contributed by atoms with Gasteiger partial charge in [0.15, 0.2) is 5.69 Å². The summed E-state index contributed by atoms with van der Waals surface area (Å²) in [7, 11) is -3.29. The molecular weight excluding hydrogens is 566 g/mol. The maximum absolute atomic E-state index is 15.0. The molecule has 0 bridgehead atoms. The van der Waals surface area contributed by atoms with E-state index >= 15 is 4.39 Å². The molecule has 5 rings (SSSR count). The number of aromatic carboxylic acids is 1. The summed E-state index contributed by atoms with van der Waals surface area (Å²) in [6, 6.07) is 9.48. The van der Waals surface area contributed by atoms with E-state index in [-0.39, 0.29) is 21.8 Å². The molecule has 2 heterocycles. The van der Waals surface area contributed by atoms with Crippen molar-refractivity contribution < 1.29 is 22.9 Å². The summed E-state index contributed by atoms with van der Waals surface area (Å²) in [5.74, 6) is -1.60. The Hall–Kier alpha value is -3.28. The van der Waals surface area contributed by atoms with E-state index < -0.39 is 21.9 Å². The van der Waals surface area contributed by atoms with Gasteiger partial charge in [0, 0.05) is 29.2 Å². The Morgan fingerprint density at radius 3 is 2.49 bits per heavy atom. The number of nitrogens with zero attached hydrogens (tertiary/aromatic N) is 3. The zero-order valence-corrected chi connectivity index (χ0v) is 25.2. The molecule has 4 aromatic rings. The Bertz CT molecular complexity index is 1680. The summed E-state index contributed by atoms with van der Waals surface area (Å²) in [6.07, 6.45) is 4.97. The van der Waals surface area contributed by atoms with Gasteiger partial charge in [0.1, 0.15) is 11.6 Å². The second-order valence-corrected chi connectivity index (χ2v) is 15.4. The zero-order chi connectivity index (χ0) is 29.7. The van der Waals surface area contributed by atoms with E-state index in [9.17, 15) is 18.5 Å². The molecule has 0 unspecified atom stereocenters. The van der Waals surface area contributed by atoms with Crippen LogP contribution in [-0.4, -0.2) is 36.3 Å². The first-order valence-corrected chi connectivity index (χ1v) is 16.5. The van der Waals surface area contributed by atoms with Gasteiger partial charge in [0.2, 0.25) is 5.13 Å². The normalized spacial score (nSPS) is 14.4. The summed E-state index contributed by atoms with van der Waals surface area (Å²) in [6.45, 7) is 6.14. The molecule has 1 aliphatic carbocycles. The molecular formula is C30H34F2N4O3S2. The van der Waals surface area contributed by atoms with Crippen LogP contribution in [0.5, 0.6) is 0 Å². The third-order valence-corrected chi connectivity index (χ3v) is 9.21. The van der Waals surface area contributed by atoms with Crippen LogP contribution in [0, 0.1) is 23.0 Å². The van der Waals surface area contributed by atoms with Gasteiger partial charge in [0.05, 0.1) is 16.3 Å². The lowest BCUT2D eigenvalue weighted by molar-refractivity contribution is 0.0691. The molecule has 41 heavy (non-hydrogen) atoms. The highest BCUT2D eigenvalue weighted by Crippen LogP contribution is 2.39. The topological polar surface area (TPSA) is 111 Å². The van der Waals surface area contributed by atoms with Crippen LogP contribution in [0.4, 0.5) is 8.78 Å². The molecule has 218 valence electrons. The second kappa shape index (κ2) is 10.8. The predicted octanol–water partition coefficient (Wildman–Crippen LogP) is 5.98. The highest BCUT2D eigenvalue weighted by Gasteiger charge is 2.30. The van der Waals surface area contributed by atoms with Crippen molar-refractivity contribution in [3.63, 3.8) is 0 Å². The van der Waals surface area contributed by atoms with Crippen LogP contribution in [0.2, 0.25) is 0 Å². The Balaban J connectivity index is 1.69. The molecule has 1 saturated carbocycles. The standard InChI is InChI=1S/C30H34F2N4O3S2/c1-30(2,3)15-20-14-19(8-9-22(20)31)27-21(11-18-7-10-26(23(32)12-18)41(4,33)39)25(13-17-5-6-17)36(35-27)29-34-24(16-40-29)28(37)38/h7-10,12,14,16-17,41H,5-6,11,13,15H2,1-4H3,(H2,33,39)(H,37,38). The van der Waals surface area contributed by atoms with Crippen molar-refractivity contribution in [2.24, 2.45) is 16.5 Å². The Morgan fingerprint density at radius 2 is 1.90 bits per heavy atom. The molecule has 11 heteroatoms. The molecule has 0 saturated heterocycles. The zero-order valence-electron chi connectivity index (χ0n) is 23.4. The fraction of sp³-hybridized carbons (Fsp3) is 0.367. The van der Waals surface area contributed by atoms with E-state index in [1.807, 2.05) is 26.8 Å². The Morgan fingerprint density at radius 1 is 1.17 bits per heavy atom. The monoisotopic (exact) mass is 600 g/mol. The van der Waals surface area contributed by atoms with Crippen LogP contribution in [0.15, 0.2) is 46.7 Å². The van der Waals surface area contributed by atoms with Crippen LogP contribution in [0.3, 0.4) is 0 Å². The van der Waals surface area contributed by atoms with Crippen molar-refractivity contribution in [3.05, 3.63) is 81.5 Å². The largest absolute Gasteiger partial charge is 0.476 e. The maximum Gasteiger partial charge on any atom is 0.355 e. The van der Waals surface area contributed by atoms with E-state index in [1.54, 1.807) is 16.8 Å². The predicted molar refractivity (Wildman–Crippen MR) is 158 cm³/mol. The molecule has 0 atom stereocenters. The summed E-state index contributed by atoms with van der Waals surface area (Å²) < 4.78 is 43.9. The van der Waals surface area contributed by atoms with Crippen molar-refractivity contribution in [2.45, 2.75) is 57.8 Å². The highest BCUT2D eigenvalue weighted by molar-refractivity contribution is 8.00. The summed E-state index contributed by atoms with van der Waals surface area (Å²) >= 11 is 1.18. The minimum Gasteiger partial charge on any atom is -0.476 e. The number of thiol groups is 1. The maximum atomic E-state index is 15.0. The number of carboxylic acids is 1. The van der Waals surface area contributed by atoms with Crippen LogP contribution in [0.1, 0.15) is 66.5 Å². The first kappa shape index (κ1) is 29.2. The molecule has 0 aliphatic heterocycles. The van der Waals surface area contributed by atoms with E-state index in [1.165, 1.54) is 41.2 Å². The lowest BCUT2D eigenvalue weighted by Crippen LogP contribution is -2.22. The Kier molecular flexibility index (Phi) is 7.73. The second-order valence-electron chi connectivity index (χ2n) is 12.1. The molecule has 1 aliphatic rings. The fourth-order valence-corrected chi connectivity index (χ4v) is 6.61. The molecule has 0 radical (unpaired) electrons. The first-order valence-electron chi connectivity index (χ1n) is 13.4. The lowest BCUT2D eigenvalue weighted by Gasteiger charge is -2.19.